The van der Waals surface area contributed by atoms with E-state index >= 15 is 0 Å². The smallest absolute Gasteiger partial charge is 0.193 e. The molecule has 0 aliphatic carbocycles. The van der Waals surface area contributed by atoms with E-state index in [4.69, 9.17) is 10.2 Å². The van der Waals surface area contributed by atoms with Crippen LogP contribution in [0.1, 0.15) is 52.4 Å². The van der Waals surface area contributed by atoms with Gasteiger partial charge in [0.25, 0.3) is 0 Å². The van der Waals surface area contributed by atoms with Gasteiger partial charge in [-0.1, -0.05) is 33.1 Å². The van der Waals surface area contributed by atoms with Gasteiger partial charge in [-0.25, -0.2) is 0 Å². The molecular weight excluding hydrogens is 214 g/mol. The van der Waals surface area contributed by atoms with Crippen LogP contribution in [0.2, 0.25) is 18.1 Å². The normalized spacial score (nSPS) is 24.6. The fourth-order valence-electron chi connectivity index (χ4n) is 3.08. The van der Waals surface area contributed by atoms with Gasteiger partial charge in [0.2, 0.25) is 0 Å². The summed E-state index contributed by atoms with van der Waals surface area (Å²) in [5, 5.41) is 0. The lowest BCUT2D eigenvalue weighted by Crippen LogP contribution is -2.45. The second-order valence-corrected chi connectivity index (χ2v) is 9.35. The van der Waals surface area contributed by atoms with Crippen LogP contribution in [-0.2, 0) is 4.43 Å². The molecule has 0 radical (unpaired) electrons. The van der Waals surface area contributed by atoms with Crippen LogP contribution < -0.4 is 5.73 Å². The molecule has 1 unspecified atom stereocenters. The van der Waals surface area contributed by atoms with Crippen molar-refractivity contribution in [3.05, 3.63) is 0 Å². The van der Waals surface area contributed by atoms with E-state index in [2.05, 4.69) is 13.8 Å². The highest BCUT2D eigenvalue weighted by molar-refractivity contribution is 6.74. The fraction of sp³-hybridized carbons (Fsp3) is 1.00. The monoisotopic (exact) mass is 243 g/mol. The van der Waals surface area contributed by atoms with Crippen LogP contribution in [0.25, 0.3) is 0 Å². The maximum absolute atomic E-state index is 6.54. The molecule has 1 aliphatic rings. The Labute approximate surface area is 102 Å². The number of hydrogen-bond donors (Lipinski definition) is 1. The summed E-state index contributed by atoms with van der Waals surface area (Å²) in [6.45, 7) is 5.42. The lowest BCUT2D eigenvalue weighted by Gasteiger charge is -2.40. The molecule has 0 bridgehead atoms. The second-order valence-electron chi connectivity index (χ2n) is 5.25. The molecule has 0 aromatic carbocycles. The van der Waals surface area contributed by atoms with E-state index in [1.807, 2.05) is 0 Å². The van der Waals surface area contributed by atoms with Gasteiger partial charge in [0.05, 0.1) is 0 Å². The van der Waals surface area contributed by atoms with Crippen LogP contribution >= 0.6 is 0 Å². The van der Waals surface area contributed by atoms with Crippen molar-refractivity contribution < 1.29 is 4.43 Å². The van der Waals surface area contributed by atoms with E-state index in [0.717, 1.165) is 13.0 Å². The molecule has 1 rings (SSSR count). The Balaban J connectivity index is 2.48. The Kier molecular flexibility index (Phi) is 6.62. The highest BCUT2D eigenvalue weighted by Crippen LogP contribution is 2.35. The van der Waals surface area contributed by atoms with Crippen molar-refractivity contribution in [2.75, 3.05) is 6.54 Å². The Bertz CT molecular complexity index is 175. The molecule has 96 valence electrons. The highest BCUT2D eigenvalue weighted by atomic mass is 28.4. The van der Waals surface area contributed by atoms with E-state index < -0.39 is 8.32 Å². The van der Waals surface area contributed by atoms with Gasteiger partial charge >= 0.3 is 0 Å². The van der Waals surface area contributed by atoms with Gasteiger partial charge in [0, 0.05) is 6.10 Å². The average molecular weight is 243 g/mol. The third kappa shape index (κ3) is 4.19. The third-order valence-electron chi connectivity index (χ3n) is 3.72. The van der Waals surface area contributed by atoms with Gasteiger partial charge in [-0.2, -0.15) is 0 Å². The van der Waals surface area contributed by atoms with Crippen molar-refractivity contribution in [1.29, 1.82) is 0 Å². The molecule has 0 aromatic heterocycles. The summed E-state index contributed by atoms with van der Waals surface area (Å²) in [5.74, 6) is 0. The van der Waals surface area contributed by atoms with Crippen molar-refractivity contribution in [2.24, 2.45) is 5.73 Å². The molecule has 2 N–H and O–H groups in total. The largest absolute Gasteiger partial charge is 0.414 e. The Morgan fingerprint density at radius 2 is 1.94 bits per heavy atom. The zero-order valence-electron chi connectivity index (χ0n) is 11.1. The Hall–Kier alpha value is 0.137. The Morgan fingerprint density at radius 1 is 1.25 bits per heavy atom. The van der Waals surface area contributed by atoms with Crippen molar-refractivity contribution in [3.8, 4) is 0 Å². The molecule has 0 saturated carbocycles. The zero-order chi connectivity index (χ0) is 11.9. The van der Waals surface area contributed by atoms with E-state index in [1.54, 1.807) is 0 Å². The minimum absolute atomic E-state index is 0.544. The molecule has 1 aliphatic heterocycles. The van der Waals surface area contributed by atoms with Gasteiger partial charge in [0.15, 0.2) is 8.32 Å². The summed E-state index contributed by atoms with van der Waals surface area (Å²) < 4.78 is 6.54. The summed E-state index contributed by atoms with van der Waals surface area (Å²) in [7, 11) is -1.34. The quantitative estimate of drug-likeness (QED) is 0.692. The first-order valence-electron chi connectivity index (χ1n) is 7.14. The van der Waals surface area contributed by atoms with Crippen molar-refractivity contribution in [3.63, 3.8) is 0 Å². The molecule has 2 nitrogen and oxygen atoms in total. The molecule has 16 heavy (non-hydrogen) atoms. The van der Waals surface area contributed by atoms with Crippen LogP contribution in [0.3, 0.4) is 0 Å². The predicted molar refractivity (Wildman–Crippen MR) is 73.2 cm³/mol. The predicted octanol–water partition coefficient (Wildman–Crippen LogP) is 3.67. The van der Waals surface area contributed by atoms with Crippen molar-refractivity contribution in [1.82, 2.24) is 0 Å². The summed E-state index contributed by atoms with van der Waals surface area (Å²) in [6, 6.07) is 4.16. The number of nitrogens with two attached hydrogens (primary N) is 1. The van der Waals surface area contributed by atoms with Gasteiger partial charge in [-0.05, 0) is 43.9 Å². The van der Waals surface area contributed by atoms with Gasteiger partial charge in [-0.3, -0.25) is 0 Å². The van der Waals surface area contributed by atoms with E-state index in [9.17, 15) is 0 Å². The lowest BCUT2D eigenvalue weighted by atomic mass is 10.1. The summed E-state index contributed by atoms with van der Waals surface area (Å²) in [6.07, 6.45) is 8.16. The first kappa shape index (κ1) is 14.2. The summed E-state index contributed by atoms with van der Waals surface area (Å²) >= 11 is 0. The minimum atomic E-state index is -1.34. The van der Waals surface area contributed by atoms with E-state index in [0.29, 0.717) is 6.10 Å². The third-order valence-corrected chi connectivity index (χ3v) is 8.64. The lowest BCUT2D eigenvalue weighted by molar-refractivity contribution is 0.143. The number of rotatable bonds is 7. The summed E-state index contributed by atoms with van der Waals surface area (Å²) in [5.41, 5.74) is 5.59. The van der Waals surface area contributed by atoms with Crippen LogP contribution in [-0.4, -0.2) is 21.0 Å². The minimum Gasteiger partial charge on any atom is -0.414 e. The molecule has 0 amide bonds. The standard InChI is InChI=1S/C13H29NOSi/c1-3-10-16(11-4-2)12-6-8-13(15-16)7-5-9-14/h13H,3-12,14H2,1-2H3. The number of hydrogen-bond acceptors (Lipinski definition) is 2. The second kappa shape index (κ2) is 7.46. The molecule has 1 fully saturated rings. The van der Waals surface area contributed by atoms with E-state index in [-0.39, 0.29) is 0 Å². The topological polar surface area (TPSA) is 35.2 Å². The van der Waals surface area contributed by atoms with E-state index in [1.165, 1.54) is 50.2 Å². The van der Waals surface area contributed by atoms with Crippen molar-refractivity contribution >= 4 is 8.32 Å². The van der Waals surface area contributed by atoms with Crippen LogP contribution in [0, 0.1) is 0 Å². The van der Waals surface area contributed by atoms with Gasteiger partial charge in [-0.15, -0.1) is 0 Å². The van der Waals surface area contributed by atoms with Crippen LogP contribution in [0.4, 0.5) is 0 Å². The first-order chi connectivity index (χ1) is 7.76. The first-order valence-corrected chi connectivity index (χ1v) is 9.67. The summed E-state index contributed by atoms with van der Waals surface area (Å²) in [4.78, 5) is 0. The fourth-order valence-corrected chi connectivity index (χ4v) is 7.79. The van der Waals surface area contributed by atoms with Gasteiger partial charge in [0.1, 0.15) is 0 Å². The maximum atomic E-state index is 6.54. The van der Waals surface area contributed by atoms with Crippen LogP contribution in [0.5, 0.6) is 0 Å². The molecular formula is C13H29NOSi. The van der Waals surface area contributed by atoms with Gasteiger partial charge < -0.3 is 10.2 Å². The molecule has 1 atom stereocenters. The molecule has 1 saturated heterocycles. The molecule has 1 heterocycles. The Morgan fingerprint density at radius 3 is 2.50 bits per heavy atom. The SMILES string of the molecule is CCC[Si]1(CCC)CCCC(CCCN)O1. The average Bonchev–Trinajstić information content (AvgIpc) is 2.27. The maximum Gasteiger partial charge on any atom is 0.193 e. The molecule has 0 spiro atoms. The molecule has 0 aromatic rings. The zero-order valence-corrected chi connectivity index (χ0v) is 12.1. The molecule has 3 heteroatoms. The highest BCUT2D eigenvalue weighted by Gasteiger charge is 2.38. The van der Waals surface area contributed by atoms with Crippen molar-refractivity contribution in [2.45, 2.75) is 76.6 Å². The van der Waals surface area contributed by atoms with Crippen LogP contribution in [0.15, 0.2) is 0 Å².